The van der Waals surface area contributed by atoms with Crippen LogP contribution < -0.4 is 9.79 Å². The second-order valence-corrected chi connectivity index (χ2v) is 4.93. The van der Waals surface area contributed by atoms with Gasteiger partial charge in [-0.3, -0.25) is 0 Å². The number of aliphatic hydroxyl groups is 5. The zero-order chi connectivity index (χ0) is 14.1. The summed E-state index contributed by atoms with van der Waals surface area (Å²) < 4.78 is 18.5. The molecule has 0 spiro atoms. The molecule has 0 unspecified atom stereocenters. The average Bonchev–Trinajstić information content (AvgIpc) is 2.27. The van der Waals surface area contributed by atoms with E-state index < -0.39 is 51.2 Å². The summed E-state index contributed by atoms with van der Waals surface area (Å²) in [4.78, 5) is 20.4. The minimum Gasteiger partial charge on any atom is -0.790 e. The Morgan fingerprint density at radius 1 is 1.17 bits per heavy atom. The van der Waals surface area contributed by atoms with Crippen LogP contribution in [0.5, 0.6) is 0 Å². The zero-order valence-electron chi connectivity index (χ0n) is 8.90. The van der Waals surface area contributed by atoms with Crippen LogP contribution in [0, 0.1) is 0 Å². The summed E-state index contributed by atoms with van der Waals surface area (Å²) in [6.45, 7) is -1.01. The Morgan fingerprint density at radius 2 is 1.72 bits per heavy atom. The first-order valence-corrected chi connectivity index (χ1v) is 6.32. The van der Waals surface area contributed by atoms with Crippen LogP contribution >= 0.6 is 7.82 Å². The van der Waals surface area contributed by atoms with Crippen molar-refractivity contribution in [3.63, 3.8) is 0 Å². The Hall–Kier alpha value is -0.130. The molecule has 0 aromatic rings. The van der Waals surface area contributed by atoms with Crippen molar-refractivity contribution >= 4 is 7.82 Å². The number of hydrogen-bond donors (Lipinski definition) is 5. The van der Waals surface area contributed by atoms with Gasteiger partial charge in [-0.2, -0.15) is 0 Å². The average molecular weight is 288 g/mol. The molecule has 10 nitrogen and oxygen atoms in total. The summed E-state index contributed by atoms with van der Waals surface area (Å²) >= 11 is 0. The summed E-state index contributed by atoms with van der Waals surface area (Å²) in [5.41, 5.74) is 0. The molecule has 5 N–H and O–H groups in total. The lowest BCUT2D eigenvalue weighted by Gasteiger charge is -2.40. The van der Waals surface area contributed by atoms with Gasteiger partial charge in [0.05, 0.1) is 14.4 Å². The maximum Gasteiger partial charge on any atom is 0.184 e. The predicted octanol–water partition coefficient (Wildman–Crippen LogP) is -5.01. The van der Waals surface area contributed by atoms with E-state index >= 15 is 0 Å². The molecular weight excluding hydrogens is 275 g/mol. The van der Waals surface area contributed by atoms with Gasteiger partial charge < -0.3 is 49.1 Å². The second-order valence-electron chi connectivity index (χ2n) is 3.77. The lowest BCUT2D eigenvalue weighted by molar-refractivity contribution is -0.345. The fourth-order valence-electron chi connectivity index (χ4n) is 1.47. The third-order valence-corrected chi connectivity index (χ3v) is 2.87. The van der Waals surface area contributed by atoms with Crippen LogP contribution in [0.3, 0.4) is 0 Å². The lowest BCUT2D eigenvalue weighted by Crippen LogP contribution is -2.61. The third-order valence-electron chi connectivity index (χ3n) is 2.41. The van der Waals surface area contributed by atoms with Crippen LogP contribution in [0.1, 0.15) is 0 Å². The SMILES string of the molecule is O=P([O-])([O-])OC[C@@H](O)[C@H]1O[C@@H](O)[C@@H](O)[C@@H](O)[C@@H]1O. The van der Waals surface area contributed by atoms with E-state index in [0.717, 1.165) is 0 Å². The van der Waals surface area contributed by atoms with E-state index in [4.69, 9.17) is 10.2 Å². The Balaban J connectivity index is 2.62. The predicted molar refractivity (Wildman–Crippen MR) is 48.5 cm³/mol. The van der Waals surface area contributed by atoms with E-state index in [1.54, 1.807) is 0 Å². The Kier molecular flexibility index (Phi) is 5.21. The van der Waals surface area contributed by atoms with Crippen molar-refractivity contribution in [1.82, 2.24) is 0 Å². The fourth-order valence-corrected chi connectivity index (χ4v) is 1.80. The van der Waals surface area contributed by atoms with Crippen LogP contribution in [-0.2, 0) is 13.8 Å². The maximum absolute atomic E-state index is 10.2. The Morgan fingerprint density at radius 3 is 2.22 bits per heavy atom. The van der Waals surface area contributed by atoms with Crippen molar-refractivity contribution in [3.8, 4) is 0 Å². The summed E-state index contributed by atoms with van der Waals surface area (Å²) in [5, 5.41) is 46.4. The number of rotatable bonds is 4. The van der Waals surface area contributed by atoms with Gasteiger partial charge in [-0.1, -0.05) is 0 Å². The van der Waals surface area contributed by atoms with E-state index in [1.165, 1.54) is 0 Å². The number of ether oxygens (including phenoxy) is 1. The van der Waals surface area contributed by atoms with Crippen molar-refractivity contribution < 1.29 is 49.1 Å². The molecule has 108 valence electrons. The van der Waals surface area contributed by atoms with Crippen molar-refractivity contribution in [3.05, 3.63) is 0 Å². The van der Waals surface area contributed by atoms with Crippen molar-refractivity contribution in [2.45, 2.75) is 36.8 Å². The highest BCUT2D eigenvalue weighted by Crippen LogP contribution is 2.27. The van der Waals surface area contributed by atoms with Crippen LogP contribution in [-0.4, -0.2) is 68.9 Å². The number of aliphatic hydroxyl groups excluding tert-OH is 5. The lowest BCUT2D eigenvalue weighted by atomic mass is 9.96. The molecule has 1 saturated heterocycles. The first-order chi connectivity index (χ1) is 8.13. The summed E-state index contributed by atoms with van der Waals surface area (Å²) in [7, 11) is -5.30. The molecule has 0 amide bonds. The molecule has 0 aliphatic carbocycles. The molecule has 6 atom stereocenters. The molecule has 1 aliphatic rings. The Labute approximate surface area is 101 Å². The minimum absolute atomic E-state index is 1.01. The first kappa shape index (κ1) is 15.9. The normalized spacial score (nSPS) is 39.6. The van der Waals surface area contributed by atoms with Gasteiger partial charge in [-0.15, -0.1) is 0 Å². The highest BCUT2D eigenvalue weighted by molar-refractivity contribution is 7.43. The topological polar surface area (TPSA) is 183 Å². The largest absolute Gasteiger partial charge is 0.790 e. The van der Waals surface area contributed by atoms with Gasteiger partial charge in [0.25, 0.3) is 0 Å². The maximum atomic E-state index is 10.2. The van der Waals surface area contributed by atoms with Gasteiger partial charge >= 0.3 is 0 Å². The van der Waals surface area contributed by atoms with Gasteiger partial charge in [0, 0.05) is 0 Å². The molecule has 1 aliphatic heterocycles. The molecule has 1 rings (SSSR count). The quantitative estimate of drug-likeness (QED) is 0.314. The molecule has 11 heteroatoms. The van der Waals surface area contributed by atoms with E-state index in [2.05, 4.69) is 9.26 Å². The Bertz CT molecular complexity index is 317. The molecule has 0 aromatic heterocycles. The van der Waals surface area contributed by atoms with Crippen molar-refractivity contribution in [2.24, 2.45) is 0 Å². The monoisotopic (exact) mass is 288 g/mol. The van der Waals surface area contributed by atoms with Gasteiger partial charge in [-0.05, 0) is 0 Å². The number of hydrogen-bond acceptors (Lipinski definition) is 10. The molecular formula is C7H13O10P-2. The third kappa shape index (κ3) is 3.93. The van der Waals surface area contributed by atoms with Crippen molar-refractivity contribution in [2.75, 3.05) is 6.61 Å². The van der Waals surface area contributed by atoms with E-state index in [1.807, 2.05) is 0 Å². The number of phosphoric ester groups is 1. The smallest absolute Gasteiger partial charge is 0.184 e. The molecule has 0 saturated carbocycles. The molecule has 0 radical (unpaired) electrons. The van der Waals surface area contributed by atoms with Gasteiger partial charge in [0.1, 0.15) is 30.5 Å². The fraction of sp³-hybridized carbons (Fsp3) is 1.00. The van der Waals surface area contributed by atoms with E-state index in [9.17, 15) is 29.7 Å². The minimum atomic E-state index is -5.30. The van der Waals surface area contributed by atoms with Gasteiger partial charge in [0.2, 0.25) is 0 Å². The zero-order valence-corrected chi connectivity index (χ0v) is 9.79. The van der Waals surface area contributed by atoms with Crippen LogP contribution in [0.2, 0.25) is 0 Å². The summed E-state index contributed by atoms with van der Waals surface area (Å²) in [5.74, 6) is 0. The van der Waals surface area contributed by atoms with E-state index in [0.29, 0.717) is 0 Å². The van der Waals surface area contributed by atoms with Crippen LogP contribution in [0.15, 0.2) is 0 Å². The molecule has 1 fully saturated rings. The summed E-state index contributed by atoms with van der Waals surface area (Å²) in [6, 6.07) is 0. The van der Waals surface area contributed by atoms with Crippen LogP contribution in [0.4, 0.5) is 0 Å². The first-order valence-electron chi connectivity index (χ1n) is 4.86. The molecule has 0 aromatic carbocycles. The van der Waals surface area contributed by atoms with Crippen molar-refractivity contribution in [1.29, 1.82) is 0 Å². The molecule has 0 bridgehead atoms. The standard InChI is InChI=1S/C7H15O10P/c8-2(1-16-18(13,14)15)6-4(10)3(9)5(11)7(12)17-6/h2-12H,1H2,(H2,13,14,15)/p-2/t2-,3+,4+,5+,6-,7-/m1/s1. The second kappa shape index (κ2) is 5.88. The van der Waals surface area contributed by atoms with Crippen LogP contribution in [0.25, 0.3) is 0 Å². The molecule has 18 heavy (non-hydrogen) atoms. The van der Waals surface area contributed by atoms with Gasteiger partial charge in [-0.25, -0.2) is 0 Å². The number of phosphoric acid groups is 1. The highest BCUT2D eigenvalue weighted by Gasteiger charge is 2.45. The van der Waals surface area contributed by atoms with E-state index in [-0.39, 0.29) is 0 Å². The summed E-state index contributed by atoms with van der Waals surface area (Å²) in [6.07, 6.45) is -10.7. The molecule has 1 heterocycles. The van der Waals surface area contributed by atoms with Gasteiger partial charge in [0.15, 0.2) is 6.29 Å². The highest BCUT2D eigenvalue weighted by atomic mass is 31.2.